The Balaban J connectivity index is 1.46. The molecule has 1 heterocycles. The second-order valence-electron chi connectivity index (χ2n) is 6.47. The molecular formula is C20H23N3O2S. The standard InChI is InChI=1S/C20H23N3O2S/c1-14-5-8-16(22-20(25)15-6-7-15)12-18(14)23-19(24)9-11-26-13-17-4-2-3-10-21-17/h2-5,8,10,12,15H,6-7,9,11,13H2,1H3,(H,22,25)(H,23,24). The number of hydrogen-bond acceptors (Lipinski definition) is 4. The minimum atomic E-state index is -0.0210. The normalized spacial score (nSPS) is 13.3. The monoisotopic (exact) mass is 369 g/mol. The van der Waals surface area contributed by atoms with Crippen LogP contribution in [0.5, 0.6) is 0 Å². The van der Waals surface area contributed by atoms with Crippen LogP contribution in [0, 0.1) is 12.8 Å². The molecule has 2 N–H and O–H groups in total. The Labute approximate surface area is 158 Å². The van der Waals surface area contributed by atoms with E-state index in [1.807, 2.05) is 43.3 Å². The maximum atomic E-state index is 12.2. The highest BCUT2D eigenvalue weighted by molar-refractivity contribution is 7.98. The molecule has 0 unspecified atom stereocenters. The van der Waals surface area contributed by atoms with E-state index in [0.717, 1.165) is 47.0 Å². The molecular weight excluding hydrogens is 346 g/mol. The smallest absolute Gasteiger partial charge is 0.227 e. The van der Waals surface area contributed by atoms with Gasteiger partial charge >= 0.3 is 0 Å². The third-order valence-corrected chi connectivity index (χ3v) is 5.17. The van der Waals surface area contributed by atoms with Crippen molar-refractivity contribution in [3.05, 3.63) is 53.9 Å². The number of anilines is 2. The van der Waals surface area contributed by atoms with Gasteiger partial charge in [0.25, 0.3) is 0 Å². The van der Waals surface area contributed by atoms with E-state index >= 15 is 0 Å². The van der Waals surface area contributed by atoms with Crippen LogP contribution in [0.3, 0.4) is 0 Å². The first kappa shape index (κ1) is 18.5. The molecule has 1 aromatic carbocycles. The van der Waals surface area contributed by atoms with Gasteiger partial charge in [-0.05, 0) is 49.6 Å². The fourth-order valence-electron chi connectivity index (χ4n) is 2.46. The van der Waals surface area contributed by atoms with E-state index in [0.29, 0.717) is 6.42 Å². The molecule has 1 fully saturated rings. The summed E-state index contributed by atoms with van der Waals surface area (Å²) in [5.74, 6) is 1.74. The largest absolute Gasteiger partial charge is 0.326 e. The zero-order valence-electron chi connectivity index (χ0n) is 14.8. The Bertz CT molecular complexity index is 776. The summed E-state index contributed by atoms with van der Waals surface area (Å²) in [6.45, 7) is 1.94. The molecule has 1 aliphatic carbocycles. The maximum Gasteiger partial charge on any atom is 0.227 e. The third kappa shape index (κ3) is 5.59. The number of pyridine rings is 1. The summed E-state index contributed by atoms with van der Waals surface area (Å²) in [6.07, 6.45) is 4.16. The van der Waals surface area contributed by atoms with Gasteiger partial charge in [-0.15, -0.1) is 0 Å². The number of aromatic nitrogens is 1. The molecule has 0 bridgehead atoms. The molecule has 3 rings (SSSR count). The number of thioether (sulfide) groups is 1. The van der Waals surface area contributed by atoms with Crippen LogP contribution in [0.1, 0.15) is 30.5 Å². The zero-order chi connectivity index (χ0) is 18.4. The van der Waals surface area contributed by atoms with E-state index in [-0.39, 0.29) is 17.7 Å². The maximum absolute atomic E-state index is 12.2. The van der Waals surface area contributed by atoms with Crippen molar-refractivity contribution in [3.8, 4) is 0 Å². The van der Waals surface area contributed by atoms with Crippen LogP contribution in [-0.4, -0.2) is 22.6 Å². The van der Waals surface area contributed by atoms with Gasteiger partial charge in [0.1, 0.15) is 0 Å². The van der Waals surface area contributed by atoms with Crippen molar-refractivity contribution in [1.29, 1.82) is 0 Å². The topological polar surface area (TPSA) is 71.1 Å². The minimum absolute atomic E-state index is 0.0210. The van der Waals surface area contributed by atoms with Crippen LogP contribution in [0.25, 0.3) is 0 Å². The SMILES string of the molecule is Cc1ccc(NC(=O)C2CC2)cc1NC(=O)CCSCc1ccccn1. The number of aryl methyl sites for hydroxylation is 1. The van der Waals surface area contributed by atoms with E-state index in [9.17, 15) is 9.59 Å². The van der Waals surface area contributed by atoms with Crippen molar-refractivity contribution < 1.29 is 9.59 Å². The van der Waals surface area contributed by atoms with Gasteiger partial charge in [-0.3, -0.25) is 14.6 Å². The van der Waals surface area contributed by atoms with Crippen LogP contribution < -0.4 is 10.6 Å². The molecule has 1 saturated carbocycles. The van der Waals surface area contributed by atoms with Crippen molar-refractivity contribution in [3.63, 3.8) is 0 Å². The number of carbonyl (C=O) groups excluding carboxylic acids is 2. The molecule has 0 atom stereocenters. The van der Waals surface area contributed by atoms with E-state index in [2.05, 4.69) is 15.6 Å². The number of nitrogens with one attached hydrogen (secondary N) is 2. The van der Waals surface area contributed by atoms with Crippen LogP contribution in [0.15, 0.2) is 42.6 Å². The molecule has 1 aromatic heterocycles. The summed E-state index contributed by atoms with van der Waals surface area (Å²) in [4.78, 5) is 28.3. The summed E-state index contributed by atoms with van der Waals surface area (Å²) < 4.78 is 0. The molecule has 0 radical (unpaired) electrons. The lowest BCUT2D eigenvalue weighted by molar-refractivity contribution is -0.117. The summed E-state index contributed by atoms with van der Waals surface area (Å²) >= 11 is 1.69. The number of amides is 2. The van der Waals surface area contributed by atoms with E-state index in [1.54, 1.807) is 18.0 Å². The first-order valence-corrected chi connectivity index (χ1v) is 9.96. The van der Waals surface area contributed by atoms with Gasteiger partial charge in [-0.25, -0.2) is 0 Å². The first-order valence-electron chi connectivity index (χ1n) is 8.81. The highest BCUT2D eigenvalue weighted by Crippen LogP contribution is 2.30. The summed E-state index contributed by atoms with van der Waals surface area (Å²) in [5.41, 5.74) is 3.47. The first-order chi connectivity index (χ1) is 12.6. The lowest BCUT2D eigenvalue weighted by atomic mass is 10.1. The quantitative estimate of drug-likeness (QED) is 0.690. The highest BCUT2D eigenvalue weighted by atomic mass is 32.2. The average Bonchev–Trinajstić information content (AvgIpc) is 3.48. The Morgan fingerprint density at radius 1 is 1.19 bits per heavy atom. The van der Waals surface area contributed by atoms with Crippen LogP contribution >= 0.6 is 11.8 Å². The van der Waals surface area contributed by atoms with Crippen LogP contribution in [0.2, 0.25) is 0 Å². The lowest BCUT2D eigenvalue weighted by Gasteiger charge is -2.11. The van der Waals surface area contributed by atoms with Crippen molar-refractivity contribution >= 4 is 35.0 Å². The number of nitrogens with zero attached hydrogens (tertiary/aromatic N) is 1. The molecule has 0 saturated heterocycles. The van der Waals surface area contributed by atoms with Gasteiger partial charge in [0.2, 0.25) is 11.8 Å². The van der Waals surface area contributed by atoms with Gasteiger partial charge in [0, 0.05) is 41.4 Å². The number of benzene rings is 1. The molecule has 6 heteroatoms. The molecule has 5 nitrogen and oxygen atoms in total. The summed E-state index contributed by atoms with van der Waals surface area (Å²) in [6, 6.07) is 11.5. The molecule has 0 spiro atoms. The summed E-state index contributed by atoms with van der Waals surface area (Å²) in [7, 11) is 0. The van der Waals surface area contributed by atoms with Crippen LogP contribution in [0.4, 0.5) is 11.4 Å². The molecule has 2 amide bonds. The zero-order valence-corrected chi connectivity index (χ0v) is 15.6. The fourth-order valence-corrected chi connectivity index (χ4v) is 3.32. The van der Waals surface area contributed by atoms with Crippen molar-refractivity contribution in [2.45, 2.75) is 31.9 Å². The number of carbonyl (C=O) groups is 2. The van der Waals surface area contributed by atoms with Gasteiger partial charge in [-0.2, -0.15) is 11.8 Å². The minimum Gasteiger partial charge on any atom is -0.326 e. The molecule has 26 heavy (non-hydrogen) atoms. The highest BCUT2D eigenvalue weighted by Gasteiger charge is 2.29. The van der Waals surface area contributed by atoms with E-state index in [4.69, 9.17) is 0 Å². The molecule has 0 aliphatic heterocycles. The number of hydrogen-bond donors (Lipinski definition) is 2. The molecule has 1 aliphatic rings. The van der Waals surface area contributed by atoms with Crippen molar-refractivity contribution in [2.75, 3.05) is 16.4 Å². The molecule has 136 valence electrons. The predicted molar refractivity (Wildman–Crippen MR) is 106 cm³/mol. The van der Waals surface area contributed by atoms with Crippen molar-refractivity contribution in [2.24, 2.45) is 5.92 Å². The van der Waals surface area contributed by atoms with Gasteiger partial charge in [0.05, 0.1) is 5.69 Å². The van der Waals surface area contributed by atoms with Crippen LogP contribution in [-0.2, 0) is 15.3 Å². The lowest BCUT2D eigenvalue weighted by Crippen LogP contribution is -2.15. The average molecular weight is 369 g/mol. The van der Waals surface area contributed by atoms with Crippen molar-refractivity contribution in [1.82, 2.24) is 4.98 Å². The predicted octanol–water partition coefficient (Wildman–Crippen LogP) is 4.00. The fraction of sp³-hybridized carbons (Fsp3) is 0.350. The summed E-state index contributed by atoms with van der Waals surface area (Å²) in [5, 5.41) is 5.86. The van der Waals surface area contributed by atoms with E-state index in [1.165, 1.54) is 0 Å². The Kier molecular flexibility index (Phi) is 6.28. The van der Waals surface area contributed by atoms with E-state index < -0.39 is 0 Å². The Hall–Kier alpha value is -2.34. The Morgan fingerprint density at radius 2 is 2.04 bits per heavy atom. The number of rotatable bonds is 8. The van der Waals surface area contributed by atoms with Gasteiger partial charge in [-0.1, -0.05) is 12.1 Å². The Morgan fingerprint density at radius 3 is 2.77 bits per heavy atom. The second kappa shape index (κ2) is 8.85. The second-order valence-corrected chi connectivity index (χ2v) is 7.57. The third-order valence-electron chi connectivity index (χ3n) is 4.18. The molecule has 2 aromatic rings. The van der Waals surface area contributed by atoms with Gasteiger partial charge < -0.3 is 10.6 Å². The van der Waals surface area contributed by atoms with Gasteiger partial charge in [0.15, 0.2) is 0 Å².